The standard InChI is InChI=1S/C16H29N3O/c1-12-5-4-6-14(17)15(12)16(20)19-10-7-13(11-19)18-8-2-3-9-18/h12-15H,2-11,17H2,1H3. The van der Waals surface area contributed by atoms with Crippen molar-refractivity contribution < 1.29 is 4.79 Å². The first-order valence-electron chi connectivity index (χ1n) is 8.45. The van der Waals surface area contributed by atoms with E-state index < -0.39 is 0 Å². The molecular formula is C16H29N3O. The minimum atomic E-state index is 0.0704. The average molecular weight is 279 g/mol. The number of likely N-dealkylation sites (tertiary alicyclic amines) is 2. The molecule has 2 saturated heterocycles. The highest BCUT2D eigenvalue weighted by Gasteiger charge is 2.39. The van der Waals surface area contributed by atoms with Crippen molar-refractivity contribution in [3.8, 4) is 0 Å². The first-order chi connectivity index (χ1) is 9.66. The summed E-state index contributed by atoms with van der Waals surface area (Å²) >= 11 is 0. The third-order valence-corrected chi connectivity index (χ3v) is 5.69. The quantitative estimate of drug-likeness (QED) is 0.832. The molecule has 4 nitrogen and oxygen atoms in total. The lowest BCUT2D eigenvalue weighted by Gasteiger charge is -2.36. The van der Waals surface area contributed by atoms with Gasteiger partial charge in [0.1, 0.15) is 0 Å². The molecule has 2 N–H and O–H groups in total. The van der Waals surface area contributed by atoms with Gasteiger partial charge in [0.05, 0.1) is 5.92 Å². The van der Waals surface area contributed by atoms with Gasteiger partial charge in [-0.1, -0.05) is 13.3 Å². The summed E-state index contributed by atoms with van der Waals surface area (Å²) in [6.07, 6.45) is 7.17. The second-order valence-electron chi connectivity index (χ2n) is 7.07. The van der Waals surface area contributed by atoms with Crippen LogP contribution in [0.2, 0.25) is 0 Å². The average Bonchev–Trinajstić information content (AvgIpc) is 3.09. The molecule has 0 aromatic carbocycles. The number of rotatable bonds is 2. The summed E-state index contributed by atoms with van der Waals surface area (Å²) in [5.41, 5.74) is 6.24. The second-order valence-corrected chi connectivity index (χ2v) is 7.07. The van der Waals surface area contributed by atoms with Crippen molar-refractivity contribution in [2.75, 3.05) is 26.2 Å². The minimum Gasteiger partial charge on any atom is -0.341 e. The van der Waals surface area contributed by atoms with Gasteiger partial charge in [0.2, 0.25) is 5.91 Å². The van der Waals surface area contributed by atoms with E-state index in [4.69, 9.17) is 5.73 Å². The second kappa shape index (κ2) is 6.02. The molecule has 1 saturated carbocycles. The number of nitrogens with zero attached hydrogens (tertiary/aromatic N) is 2. The van der Waals surface area contributed by atoms with E-state index in [1.807, 2.05) is 0 Å². The van der Waals surface area contributed by atoms with Gasteiger partial charge in [-0.05, 0) is 51.1 Å². The van der Waals surface area contributed by atoms with E-state index in [-0.39, 0.29) is 12.0 Å². The van der Waals surface area contributed by atoms with Gasteiger partial charge >= 0.3 is 0 Å². The predicted molar refractivity (Wildman–Crippen MR) is 80.3 cm³/mol. The molecule has 0 aromatic rings. The topological polar surface area (TPSA) is 49.6 Å². The molecule has 3 rings (SSSR count). The van der Waals surface area contributed by atoms with E-state index in [1.165, 1.54) is 32.4 Å². The van der Waals surface area contributed by atoms with Crippen molar-refractivity contribution >= 4 is 5.91 Å². The lowest BCUT2D eigenvalue weighted by Crippen LogP contribution is -2.49. The molecule has 0 spiro atoms. The third kappa shape index (κ3) is 2.73. The van der Waals surface area contributed by atoms with E-state index in [2.05, 4.69) is 16.7 Å². The van der Waals surface area contributed by atoms with Crippen LogP contribution in [-0.2, 0) is 4.79 Å². The number of nitrogens with two attached hydrogens (primary N) is 1. The Morgan fingerprint density at radius 2 is 1.80 bits per heavy atom. The summed E-state index contributed by atoms with van der Waals surface area (Å²) < 4.78 is 0. The van der Waals surface area contributed by atoms with Crippen molar-refractivity contribution in [1.29, 1.82) is 0 Å². The first-order valence-corrected chi connectivity index (χ1v) is 8.45. The molecule has 114 valence electrons. The van der Waals surface area contributed by atoms with E-state index >= 15 is 0 Å². The van der Waals surface area contributed by atoms with Crippen LogP contribution in [-0.4, -0.2) is 54.0 Å². The van der Waals surface area contributed by atoms with Crippen LogP contribution in [0.1, 0.15) is 45.4 Å². The molecular weight excluding hydrogens is 250 g/mol. The molecule has 1 amide bonds. The van der Waals surface area contributed by atoms with Crippen LogP contribution < -0.4 is 5.73 Å². The fourth-order valence-electron chi connectivity index (χ4n) is 4.44. The highest BCUT2D eigenvalue weighted by molar-refractivity contribution is 5.80. The normalized spacial score (nSPS) is 39.4. The molecule has 0 bridgehead atoms. The number of amides is 1. The zero-order chi connectivity index (χ0) is 14.1. The number of carbonyl (C=O) groups excluding carboxylic acids is 1. The maximum Gasteiger partial charge on any atom is 0.227 e. The van der Waals surface area contributed by atoms with E-state index in [0.717, 1.165) is 32.4 Å². The van der Waals surface area contributed by atoms with Gasteiger partial charge in [0.15, 0.2) is 0 Å². The van der Waals surface area contributed by atoms with Crippen molar-refractivity contribution in [3.63, 3.8) is 0 Å². The van der Waals surface area contributed by atoms with Crippen molar-refractivity contribution in [2.24, 2.45) is 17.6 Å². The van der Waals surface area contributed by atoms with Gasteiger partial charge in [-0.3, -0.25) is 9.69 Å². The van der Waals surface area contributed by atoms with E-state index in [0.29, 0.717) is 17.9 Å². The lowest BCUT2D eigenvalue weighted by molar-refractivity contribution is -0.138. The van der Waals surface area contributed by atoms with Crippen LogP contribution in [0.4, 0.5) is 0 Å². The van der Waals surface area contributed by atoms with Crippen LogP contribution in [0.3, 0.4) is 0 Å². The smallest absolute Gasteiger partial charge is 0.227 e. The molecule has 3 fully saturated rings. The van der Waals surface area contributed by atoms with Crippen molar-refractivity contribution in [3.05, 3.63) is 0 Å². The summed E-state index contributed by atoms with van der Waals surface area (Å²) in [5.74, 6) is 0.865. The monoisotopic (exact) mass is 279 g/mol. The zero-order valence-electron chi connectivity index (χ0n) is 12.8. The molecule has 2 heterocycles. The Labute approximate surface area is 122 Å². The van der Waals surface area contributed by atoms with Gasteiger partial charge in [-0.25, -0.2) is 0 Å². The molecule has 0 radical (unpaired) electrons. The summed E-state index contributed by atoms with van der Waals surface area (Å²) in [4.78, 5) is 17.5. The largest absolute Gasteiger partial charge is 0.341 e. The predicted octanol–water partition coefficient (Wildman–Crippen LogP) is 1.45. The van der Waals surface area contributed by atoms with Crippen molar-refractivity contribution in [1.82, 2.24) is 9.80 Å². The molecule has 20 heavy (non-hydrogen) atoms. The molecule has 2 aliphatic heterocycles. The fraction of sp³-hybridized carbons (Fsp3) is 0.938. The Hall–Kier alpha value is -0.610. The lowest BCUT2D eigenvalue weighted by atomic mass is 9.76. The third-order valence-electron chi connectivity index (χ3n) is 5.69. The van der Waals surface area contributed by atoms with Crippen LogP contribution >= 0.6 is 0 Å². The summed E-state index contributed by atoms with van der Waals surface area (Å²) in [5, 5.41) is 0. The van der Waals surface area contributed by atoms with E-state index in [1.54, 1.807) is 0 Å². The summed E-state index contributed by atoms with van der Waals surface area (Å²) in [7, 11) is 0. The maximum atomic E-state index is 12.8. The van der Waals surface area contributed by atoms with Gasteiger partial charge in [0.25, 0.3) is 0 Å². The number of hydrogen-bond donors (Lipinski definition) is 1. The Kier molecular flexibility index (Phi) is 4.32. The minimum absolute atomic E-state index is 0.0704. The molecule has 1 aliphatic carbocycles. The Bertz CT molecular complexity index is 344. The van der Waals surface area contributed by atoms with Gasteiger partial charge in [-0.2, -0.15) is 0 Å². The highest BCUT2D eigenvalue weighted by Crippen LogP contribution is 2.32. The zero-order valence-corrected chi connectivity index (χ0v) is 12.8. The molecule has 4 heteroatoms. The van der Waals surface area contributed by atoms with Gasteiger partial charge < -0.3 is 10.6 Å². The molecule has 3 aliphatic rings. The molecule has 0 aromatic heterocycles. The van der Waals surface area contributed by atoms with Gasteiger partial charge in [0, 0.05) is 25.2 Å². The SMILES string of the molecule is CC1CCCC(N)C1C(=O)N1CCC(N2CCCC2)C1. The fourth-order valence-corrected chi connectivity index (χ4v) is 4.44. The van der Waals surface area contributed by atoms with Crippen LogP contribution in [0.5, 0.6) is 0 Å². The summed E-state index contributed by atoms with van der Waals surface area (Å²) in [6.45, 7) is 6.54. The van der Waals surface area contributed by atoms with Gasteiger partial charge in [-0.15, -0.1) is 0 Å². The van der Waals surface area contributed by atoms with E-state index in [9.17, 15) is 4.79 Å². The summed E-state index contributed by atoms with van der Waals surface area (Å²) in [6, 6.07) is 0.689. The van der Waals surface area contributed by atoms with Crippen LogP contribution in [0.15, 0.2) is 0 Å². The van der Waals surface area contributed by atoms with Crippen molar-refractivity contribution in [2.45, 2.75) is 57.5 Å². The highest BCUT2D eigenvalue weighted by atomic mass is 16.2. The molecule has 4 unspecified atom stereocenters. The first kappa shape index (κ1) is 14.3. The van der Waals surface area contributed by atoms with Crippen LogP contribution in [0, 0.1) is 11.8 Å². The maximum absolute atomic E-state index is 12.8. The molecule has 4 atom stereocenters. The Morgan fingerprint density at radius 3 is 2.50 bits per heavy atom. The Morgan fingerprint density at radius 1 is 1.05 bits per heavy atom. The number of hydrogen-bond acceptors (Lipinski definition) is 3. The number of carbonyl (C=O) groups is 1. The van der Waals surface area contributed by atoms with Crippen LogP contribution in [0.25, 0.3) is 0 Å². The Balaban J connectivity index is 1.60.